The first-order valence-corrected chi connectivity index (χ1v) is 8.38. The standard InChI is InChI=1S/C17H26N4O3/c1-11(2)9-20-10-14(8-15(20)22)16(23)18-5-6-21-13(4)7-12(3)19-17(21)24/h7,11,14H,5-6,8-10H2,1-4H3,(H,18,23)/t14-/m0/s1. The quantitative estimate of drug-likeness (QED) is 0.820. The lowest BCUT2D eigenvalue weighted by Gasteiger charge is -2.18. The van der Waals surface area contributed by atoms with E-state index in [9.17, 15) is 14.4 Å². The Kier molecular flexibility index (Phi) is 5.75. The predicted octanol–water partition coefficient (Wildman–Crippen LogP) is 0.481. The molecule has 0 spiro atoms. The van der Waals surface area contributed by atoms with Gasteiger partial charge in [0.05, 0.1) is 5.92 Å². The second-order valence-electron chi connectivity index (χ2n) is 6.86. The third-order valence-electron chi connectivity index (χ3n) is 4.15. The zero-order chi connectivity index (χ0) is 17.9. The van der Waals surface area contributed by atoms with Gasteiger partial charge in [-0.2, -0.15) is 4.98 Å². The molecule has 1 fully saturated rings. The lowest BCUT2D eigenvalue weighted by Crippen LogP contribution is -2.37. The summed E-state index contributed by atoms with van der Waals surface area (Å²) < 4.78 is 1.54. The van der Waals surface area contributed by atoms with Crippen molar-refractivity contribution in [3.63, 3.8) is 0 Å². The third kappa shape index (κ3) is 4.43. The highest BCUT2D eigenvalue weighted by Crippen LogP contribution is 2.19. The van der Waals surface area contributed by atoms with Crippen LogP contribution in [-0.4, -0.2) is 45.9 Å². The van der Waals surface area contributed by atoms with Crippen molar-refractivity contribution in [2.24, 2.45) is 11.8 Å². The van der Waals surface area contributed by atoms with Gasteiger partial charge < -0.3 is 10.2 Å². The molecule has 1 aliphatic rings. The van der Waals surface area contributed by atoms with Crippen LogP contribution in [0.4, 0.5) is 0 Å². The van der Waals surface area contributed by atoms with E-state index in [-0.39, 0.29) is 29.8 Å². The molecule has 1 aromatic rings. The number of aryl methyl sites for hydroxylation is 2. The highest BCUT2D eigenvalue weighted by molar-refractivity contribution is 5.89. The van der Waals surface area contributed by atoms with Crippen LogP contribution in [0, 0.1) is 25.7 Å². The van der Waals surface area contributed by atoms with Crippen LogP contribution in [0.25, 0.3) is 0 Å². The summed E-state index contributed by atoms with van der Waals surface area (Å²) in [5.74, 6) is 0.00360. The topological polar surface area (TPSA) is 84.3 Å². The van der Waals surface area contributed by atoms with Crippen LogP contribution in [0.15, 0.2) is 10.9 Å². The second-order valence-corrected chi connectivity index (χ2v) is 6.86. The molecule has 132 valence electrons. The van der Waals surface area contributed by atoms with E-state index in [2.05, 4.69) is 24.1 Å². The Morgan fingerprint density at radius 2 is 2.08 bits per heavy atom. The summed E-state index contributed by atoms with van der Waals surface area (Å²) in [6.45, 7) is 9.62. The minimum Gasteiger partial charge on any atom is -0.354 e. The van der Waals surface area contributed by atoms with Gasteiger partial charge in [0.15, 0.2) is 0 Å². The zero-order valence-corrected chi connectivity index (χ0v) is 14.8. The number of hydrogen-bond acceptors (Lipinski definition) is 4. The first-order chi connectivity index (χ1) is 11.3. The molecular weight excluding hydrogens is 308 g/mol. The number of nitrogens with one attached hydrogen (secondary N) is 1. The fraction of sp³-hybridized carbons (Fsp3) is 0.647. The maximum atomic E-state index is 12.2. The number of carbonyl (C=O) groups is 2. The highest BCUT2D eigenvalue weighted by atomic mass is 16.2. The van der Waals surface area contributed by atoms with Gasteiger partial charge in [-0.15, -0.1) is 0 Å². The predicted molar refractivity (Wildman–Crippen MR) is 90.5 cm³/mol. The van der Waals surface area contributed by atoms with Crippen molar-refractivity contribution in [3.05, 3.63) is 27.9 Å². The van der Waals surface area contributed by atoms with E-state index in [0.717, 1.165) is 5.69 Å². The molecule has 1 N–H and O–H groups in total. The summed E-state index contributed by atoms with van der Waals surface area (Å²) >= 11 is 0. The molecule has 7 nitrogen and oxygen atoms in total. The van der Waals surface area contributed by atoms with E-state index in [1.165, 1.54) is 4.57 Å². The lowest BCUT2D eigenvalue weighted by atomic mass is 10.1. The smallest absolute Gasteiger partial charge is 0.348 e. The molecule has 1 aliphatic heterocycles. The van der Waals surface area contributed by atoms with Gasteiger partial charge in [0, 0.05) is 44.0 Å². The summed E-state index contributed by atoms with van der Waals surface area (Å²) in [5, 5.41) is 2.83. The van der Waals surface area contributed by atoms with Crippen molar-refractivity contribution in [3.8, 4) is 0 Å². The summed E-state index contributed by atoms with van der Waals surface area (Å²) in [4.78, 5) is 41.7. The molecule has 1 atom stereocenters. The van der Waals surface area contributed by atoms with Gasteiger partial charge >= 0.3 is 5.69 Å². The number of likely N-dealkylation sites (tertiary alicyclic amines) is 1. The summed E-state index contributed by atoms with van der Waals surface area (Å²) in [6, 6.07) is 1.84. The van der Waals surface area contributed by atoms with Crippen LogP contribution in [0.3, 0.4) is 0 Å². The number of nitrogens with zero attached hydrogens (tertiary/aromatic N) is 3. The molecule has 0 unspecified atom stereocenters. The highest BCUT2D eigenvalue weighted by Gasteiger charge is 2.34. The third-order valence-corrected chi connectivity index (χ3v) is 4.15. The molecule has 0 aromatic carbocycles. The zero-order valence-electron chi connectivity index (χ0n) is 14.8. The van der Waals surface area contributed by atoms with Crippen molar-refractivity contribution in [1.82, 2.24) is 19.8 Å². The van der Waals surface area contributed by atoms with Crippen molar-refractivity contribution >= 4 is 11.8 Å². The van der Waals surface area contributed by atoms with Gasteiger partial charge in [0.1, 0.15) is 0 Å². The van der Waals surface area contributed by atoms with Crippen LogP contribution in [0.2, 0.25) is 0 Å². The Labute approximate surface area is 142 Å². The molecule has 0 bridgehead atoms. The Morgan fingerprint density at radius 1 is 1.38 bits per heavy atom. The van der Waals surface area contributed by atoms with Crippen molar-refractivity contribution in [2.75, 3.05) is 19.6 Å². The first kappa shape index (κ1) is 18.2. The van der Waals surface area contributed by atoms with Crippen LogP contribution in [0.5, 0.6) is 0 Å². The van der Waals surface area contributed by atoms with Crippen molar-refractivity contribution < 1.29 is 9.59 Å². The van der Waals surface area contributed by atoms with E-state index in [1.807, 2.05) is 13.0 Å². The second kappa shape index (κ2) is 7.59. The molecular formula is C17H26N4O3. The average molecular weight is 334 g/mol. The number of aromatic nitrogens is 2. The van der Waals surface area contributed by atoms with E-state index in [1.54, 1.807) is 11.8 Å². The molecule has 2 rings (SSSR count). The molecule has 2 amide bonds. The maximum Gasteiger partial charge on any atom is 0.348 e. The lowest BCUT2D eigenvalue weighted by molar-refractivity contribution is -0.129. The Morgan fingerprint density at radius 3 is 2.71 bits per heavy atom. The van der Waals surface area contributed by atoms with Crippen LogP contribution in [0.1, 0.15) is 31.7 Å². The van der Waals surface area contributed by atoms with Gasteiger partial charge in [0.25, 0.3) is 0 Å². The Bertz CT molecular complexity index is 681. The Hall–Kier alpha value is -2.18. The van der Waals surface area contributed by atoms with Crippen molar-refractivity contribution in [1.29, 1.82) is 0 Å². The molecule has 0 saturated carbocycles. The van der Waals surface area contributed by atoms with E-state index in [4.69, 9.17) is 0 Å². The minimum atomic E-state index is -0.305. The molecule has 1 saturated heterocycles. The normalized spacial score (nSPS) is 17.6. The van der Waals surface area contributed by atoms with Gasteiger partial charge in [-0.1, -0.05) is 13.8 Å². The largest absolute Gasteiger partial charge is 0.354 e. The fourth-order valence-electron chi connectivity index (χ4n) is 3.05. The SMILES string of the molecule is Cc1cc(C)n(CCNC(=O)[C@H]2CC(=O)N(CC(C)C)C2)c(=O)n1. The van der Waals surface area contributed by atoms with Gasteiger partial charge in [-0.3, -0.25) is 14.2 Å². The van der Waals surface area contributed by atoms with Crippen LogP contribution in [-0.2, 0) is 16.1 Å². The van der Waals surface area contributed by atoms with Crippen LogP contribution >= 0.6 is 0 Å². The molecule has 1 aromatic heterocycles. The van der Waals surface area contributed by atoms with Crippen LogP contribution < -0.4 is 11.0 Å². The maximum absolute atomic E-state index is 12.2. The molecule has 7 heteroatoms. The van der Waals surface area contributed by atoms with Gasteiger partial charge in [-0.05, 0) is 25.8 Å². The van der Waals surface area contributed by atoms with Crippen molar-refractivity contribution in [2.45, 2.75) is 40.7 Å². The average Bonchev–Trinajstić information content (AvgIpc) is 2.82. The number of rotatable bonds is 6. The van der Waals surface area contributed by atoms with Gasteiger partial charge in [-0.25, -0.2) is 4.79 Å². The molecule has 24 heavy (non-hydrogen) atoms. The summed E-state index contributed by atoms with van der Waals surface area (Å²) in [7, 11) is 0. The first-order valence-electron chi connectivity index (χ1n) is 8.38. The van der Waals surface area contributed by atoms with E-state index >= 15 is 0 Å². The molecule has 2 heterocycles. The number of carbonyl (C=O) groups excluding carboxylic acids is 2. The summed E-state index contributed by atoms with van der Waals surface area (Å²) in [6.07, 6.45) is 0.267. The Balaban J connectivity index is 1.86. The van der Waals surface area contributed by atoms with E-state index in [0.29, 0.717) is 37.8 Å². The number of amides is 2. The van der Waals surface area contributed by atoms with Gasteiger partial charge in [0.2, 0.25) is 11.8 Å². The summed E-state index contributed by atoms with van der Waals surface area (Å²) in [5.41, 5.74) is 1.20. The molecule has 0 radical (unpaired) electrons. The monoisotopic (exact) mass is 334 g/mol. The van der Waals surface area contributed by atoms with E-state index < -0.39 is 0 Å². The molecule has 0 aliphatic carbocycles. The minimum absolute atomic E-state index is 0.0404. The fourth-order valence-corrected chi connectivity index (χ4v) is 3.05. The number of hydrogen-bond donors (Lipinski definition) is 1.